The Kier molecular flexibility index (Phi) is 7.26. The van der Waals surface area contributed by atoms with Crippen LogP contribution in [0.25, 0.3) is 0 Å². The Bertz CT molecular complexity index is 358. The average Bonchev–Trinajstić information content (AvgIpc) is 2.90. The largest absolute Gasteiger partial charge is 0.376 e. The number of carbonyl (C=O) groups excluding carboxylic acids is 1. The van der Waals surface area contributed by atoms with Crippen molar-refractivity contribution in [2.75, 3.05) is 33.2 Å². The summed E-state index contributed by atoms with van der Waals surface area (Å²) in [4.78, 5) is 11.5. The minimum Gasteiger partial charge on any atom is -0.376 e. The molecule has 1 aromatic rings. The molecule has 0 aliphatic carbocycles. The lowest BCUT2D eigenvalue weighted by Gasteiger charge is -2.23. The van der Waals surface area contributed by atoms with Crippen molar-refractivity contribution in [2.45, 2.75) is 18.8 Å². The van der Waals surface area contributed by atoms with Gasteiger partial charge in [-0.2, -0.15) is 0 Å². The summed E-state index contributed by atoms with van der Waals surface area (Å²) in [6.07, 6.45) is 1.34. The van der Waals surface area contributed by atoms with E-state index in [0.29, 0.717) is 18.0 Å². The first-order chi connectivity index (χ1) is 9.21. The van der Waals surface area contributed by atoms with Crippen molar-refractivity contribution in [3.8, 4) is 0 Å². The molecule has 8 nitrogen and oxygen atoms in total. The van der Waals surface area contributed by atoms with E-state index in [4.69, 9.17) is 14.2 Å². The number of carbonyl (C=O) groups is 1. The van der Waals surface area contributed by atoms with Crippen LogP contribution < -0.4 is 10.6 Å². The second-order valence-corrected chi connectivity index (χ2v) is 4.35. The number of nitrogens with zero attached hydrogens (tertiary/aromatic N) is 2. The van der Waals surface area contributed by atoms with Gasteiger partial charge in [0.05, 0.1) is 6.20 Å². The van der Waals surface area contributed by atoms with Gasteiger partial charge < -0.3 is 19.5 Å². The third-order valence-corrected chi connectivity index (χ3v) is 2.96. The normalized spacial score (nSPS) is 12.4. The Morgan fingerprint density at radius 2 is 2.11 bits per heavy atom. The van der Waals surface area contributed by atoms with Gasteiger partial charge in [0.15, 0.2) is 6.29 Å². The Labute approximate surface area is 115 Å². The number of nitrogens with one attached hydrogen (secondary N) is 2. The van der Waals surface area contributed by atoms with Crippen LogP contribution in [-0.2, 0) is 14.2 Å². The quantitative estimate of drug-likeness (QED) is 0.684. The van der Waals surface area contributed by atoms with E-state index in [9.17, 15) is 4.79 Å². The van der Waals surface area contributed by atoms with Crippen molar-refractivity contribution in [1.29, 1.82) is 0 Å². The number of ether oxygens (including phenoxy) is 3. The highest BCUT2D eigenvalue weighted by atomic mass is 32.1. The molecule has 0 spiro atoms. The van der Waals surface area contributed by atoms with E-state index in [0.717, 1.165) is 11.5 Å². The van der Waals surface area contributed by atoms with Crippen molar-refractivity contribution >= 4 is 22.6 Å². The predicted molar refractivity (Wildman–Crippen MR) is 70.2 cm³/mol. The lowest BCUT2D eigenvalue weighted by atomic mass is 10.2. The average molecular weight is 290 g/mol. The number of anilines is 1. The third kappa shape index (κ3) is 5.47. The Balaban J connectivity index is 2.26. The highest BCUT2D eigenvalue weighted by Gasteiger charge is 2.20. The second-order valence-electron chi connectivity index (χ2n) is 3.57. The number of methoxy groups -OCH3 is 3. The van der Waals surface area contributed by atoms with Gasteiger partial charge in [0, 0.05) is 39.4 Å². The fraction of sp³-hybridized carbons (Fsp3) is 0.700. The highest BCUT2D eigenvalue weighted by molar-refractivity contribution is 7.10. The van der Waals surface area contributed by atoms with Crippen LogP contribution >= 0.6 is 11.5 Å². The highest BCUT2D eigenvalue weighted by Crippen LogP contribution is 2.09. The summed E-state index contributed by atoms with van der Waals surface area (Å²) >= 11 is 1.11. The molecule has 1 aromatic heterocycles. The van der Waals surface area contributed by atoms with Crippen LogP contribution in [0, 0.1) is 0 Å². The van der Waals surface area contributed by atoms with E-state index < -0.39 is 6.29 Å². The lowest BCUT2D eigenvalue weighted by Crippen LogP contribution is -2.37. The summed E-state index contributed by atoms with van der Waals surface area (Å²) < 4.78 is 19.1. The van der Waals surface area contributed by atoms with Gasteiger partial charge in [-0.05, 0) is 6.42 Å². The number of amides is 2. The molecule has 1 unspecified atom stereocenters. The number of rotatable bonds is 8. The van der Waals surface area contributed by atoms with Crippen molar-refractivity contribution in [3.05, 3.63) is 6.20 Å². The molecule has 1 rings (SSSR count). The first kappa shape index (κ1) is 15.8. The van der Waals surface area contributed by atoms with E-state index in [1.54, 1.807) is 7.11 Å². The lowest BCUT2D eigenvalue weighted by molar-refractivity contribution is -0.174. The Hall–Kier alpha value is -1.29. The fourth-order valence-corrected chi connectivity index (χ4v) is 1.89. The van der Waals surface area contributed by atoms with Crippen LogP contribution in [0.2, 0.25) is 0 Å². The van der Waals surface area contributed by atoms with E-state index >= 15 is 0 Å². The Morgan fingerprint density at radius 3 is 2.63 bits per heavy atom. The van der Waals surface area contributed by atoms with E-state index in [1.165, 1.54) is 20.4 Å². The van der Waals surface area contributed by atoms with Crippen molar-refractivity contribution in [1.82, 2.24) is 14.9 Å². The smallest absolute Gasteiger partial charge is 0.319 e. The van der Waals surface area contributed by atoms with Gasteiger partial charge in [-0.3, -0.25) is 5.32 Å². The topological polar surface area (TPSA) is 94.6 Å². The van der Waals surface area contributed by atoms with Gasteiger partial charge in [-0.15, -0.1) is 5.10 Å². The number of hydrogen-bond donors (Lipinski definition) is 2. The molecule has 0 radical (unpaired) electrons. The van der Waals surface area contributed by atoms with Gasteiger partial charge in [0.25, 0.3) is 0 Å². The van der Waals surface area contributed by atoms with Gasteiger partial charge in [0.1, 0.15) is 11.1 Å². The first-order valence-corrected chi connectivity index (χ1v) is 6.39. The fourth-order valence-electron chi connectivity index (χ4n) is 1.47. The maximum atomic E-state index is 11.5. The molecule has 0 aromatic carbocycles. The van der Waals surface area contributed by atoms with Gasteiger partial charge in [0.2, 0.25) is 0 Å². The van der Waals surface area contributed by atoms with E-state index in [2.05, 4.69) is 20.2 Å². The van der Waals surface area contributed by atoms with Crippen LogP contribution in [0.3, 0.4) is 0 Å². The molecule has 0 fully saturated rings. The summed E-state index contributed by atoms with van der Waals surface area (Å²) in [6, 6.07) is -0.313. The maximum absolute atomic E-state index is 11.5. The zero-order chi connectivity index (χ0) is 14.1. The maximum Gasteiger partial charge on any atom is 0.319 e. The summed E-state index contributed by atoms with van der Waals surface area (Å²) in [5, 5.41) is 9.52. The van der Waals surface area contributed by atoms with Crippen molar-refractivity contribution < 1.29 is 19.0 Å². The van der Waals surface area contributed by atoms with Crippen molar-refractivity contribution in [3.63, 3.8) is 0 Å². The van der Waals surface area contributed by atoms with Gasteiger partial charge in [-0.25, -0.2) is 4.79 Å². The van der Waals surface area contributed by atoms with E-state index in [1.807, 2.05) is 0 Å². The molecule has 0 saturated heterocycles. The molecule has 0 aliphatic heterocycles. The molecular weight excluding hydrogens is 272 g/mol. The summed E-state index contributed by atoms with van der Waals surface area (Å²) in [7, 11) is 4.65. The van der Waals surface area contributed by atoms with Gasteiger partial charge in [-0.1, -0.05) is 4.49 Å². The van der Waals surface area contributed by atoms with Crippen LogP contribution in [0.15, 0.2) is 6.20 Å². The molecule has 0 aliphatic rings. The molecule has 2 N–H and O–H groups in total. The van der Waals surface area contributed by atoms with Gasteiger partial charge >= 0.3 is 6.03 Å². The van der Waals surface area contributed by atoms with Crippen LogP contribution in [-0.4, -0.2) is 55.9 Å². The second kappa shape index (κ2) is 8.75. The van der Waals surface area contributed by atoms with Crippen LogP contribution in [0.1, 0.15) is 6.42 Å². The molecule has 0 bridgehead atoms. The summed E-state index contributed by atoms with van der Waals surface area (Å²) in [5.74, 6) is 0. The molecular formula is C10H18N4O4S. The van der Waals surface area contributed by atoms with Crippen LogP contribution in [0.4, 0.5) is 9.80 Å². The number of urea groups is 1. The third-order valence-electron chi connectivity index (χ3n) is 2.38. The zero-order valence-corrected chi connectivity index (χ0v) is 11.9. The standard InChI is InChI=1S/C10H18N4O4S/c1-16-7(9(17-2)18-3)4-5-11-10(15)13-8-6-12-14-19-8/h6-7,9H,4-5H2,1-3H3,(H2,11,13,15). The minimum absolute atomic E-state index is 0.250. The molecule has 2 amide bonds. The Morgan fingerprint density at radius 1 is 1.37 bits per heavy atom. The van der Waals surface area contributed by atoms with Crippen molar-refractivity contribution in [2.24, 2.45) is 0 Å². The van der Waals surface area contributed by atoms with Crippen LogP contribution in [0.5, 0.6) is 0 Å². The molecule has 19 heavy (non-hydrogen) atoms. The monoisotopic (exact) mass is 290 g/mol. The van der Waals surface area contributed by atoms with E-state index in [-0.39, 0.29) is 12.1 Å². The number of hydrogen-bond acceptors (Lipinski definition) is 7. The zero-order valence-electron chi connectivity index (χ0n) is 11.1. The summed E-state index contributed by atoms with van der Waals surface area (Å²) in [5.41, 5.74) is 0. The molecule has 0 saturated carbocycles. The SMILES string of the molecule is COC(CCNC(=O)Nc1cnns1)C(OC)OC. The molecule has 1 heterocycles. The summed E-state index contributed by atoms with van der Waals surface area (Å²) in [6.45, 7) is 0.430. The molecule has 1 atom stereocenters. The molecule has 9 heteroatoms. The number of aromatic nitrogens is 2. The first-order valence-electron chi connectivity index (χ1n) is 5.61. The minimum atomic E-state index is -0.458. The predicted octanol–water partition coefficient (Wildman–Crippen LogP) is 0.684. The molecule has 108 valence electrons.